The molecule has 0 radical (unpaired) electrons. The summed E-state index contributed by atoms with van der Waals surface area (Å²) in [7, 11) is 0. The second-order valence-electron chi connectivity index (χ2n) is 3.60. The van der Waals surface area contributed by atoms with Crippen LogP contribution in [0.3, 0.4) is 0 Å². The summed E-state index contributed by atoms with van der Waals surface area (Å²) in [6.45, 7) is 0. The second-order valence-corrected chi connectivity index (χ2v) is 5.37. The molecule has 18 heavy (non-hydrogen) atoms. The van der Waals surface area contributed by atoms with E-state index in [1.807, 2.05) is 35.7 Å². The zero-order chi connectivity index (χ0) is 12.4. The van der Waals surface area contributed by atoms with Crippen molar-refractivity contribution in [3.8, 4) is 11.6 Å². The maximum Gasteiger partial charge on any atom is 0.231 e. The summed E-state index contributed by atoms with van der Waals surface area (Å²) in [5.41, 5.74) is 0. The highest BCUT2D eigenvalue weighted by molar-refractivity contribution is 7.98. The van der Waals surface area contributed by atoms with Crippen LogP contribution in [0.2, 0.25) is 0 Å². The maximum atomic E-state index is 5.80. The van der Waals surface area contributed by atoms with Crippen LogP contribution in [0.4, 0.5) is 0 Å². The van der Waals surface area contributed by atoms with Gasteiger partial charge < -0.3 is 4.74 Å². The Kier molecular flexibility index (Phi) is 3.17. The highest BCUT2D eigenvalue weighted by Crippen LogP contribution is 2.30. The van der Waals surface area contributed by atoms with Gasteiger partial charge in [0.25, 0.3) is 0 Å². The zero-order valence-electron chi connectivity index (χ0n) is 9.66. The molecule has 1 aromatic carbocycles. The number of hydrogen-bond donors (Lipinski definition) is 0. The molecule has 3 rings (SSSR count). The summed E-state index contributed by atoms with van der Waals surface area (Å²) in [5, 5.41) is 2.94. The molecule has 3 nitrogen and oxygen atoms in total. The number of hydrogen-bond acceptors (Lipinski definition) is 5. The van der Waals surface area contributed by atoms with Crippen molar-refractivity contribution in [2.45, 2.75) is 4.90 Å². The molecule has 0 aliphatic heterocycles. The van der Waals surface area contributed by atoms with Gasteiger partial charge in [0.2, 0.25) is 5.88 Å². The lowest BCUT2D eigenvalue weighted by molar-refractivity contribution is 0.468. The predicted molar refractivity (Wildman–Crippen MR) is 75.7 cm³/mol. The minimum Gasteiger partial charge on any atom is -0.438 e. The molecule has 0 fully saturated rings. The van der Waals surface area contributed by atoms with Gasteiger partial charge in [0.1, 0.15) is 16.9 Å². The SMILES string of the molecule is CSc1ccc(Oc2ncnc3sccc23)cc1. The van der Waals surface area contributed by atoms with E-state index in [2.05, 4.69) is 16.2 Å². The van der Waals surface area contributed by atoms with Crippen LogP contribution in [0.1, 0.15) is 0 Å². The van der Waals surface area contributed by atoms with Crippen molar-refractivity contribution < 1.29 is 4.74 Å². The summed E-state index contributed by atoms with van der Waals surface area (Å²) in [5.74, 6) is 1.40. The first-order valence-electron chi connectivity index (χ1n) is 5.37. The summed E-state index contributed by atoms with van der Waals surface area (Å²) < 4.78 is 5.80. The van der Waals surface area contributed by atoms with Gasteiger partial charge in [-0.25, -0.2) is 9.97 Å². The third-order valence-corrected chi connectivity index (χ3v) is 4.06. The molecule has 5 heteroatoms. The summed E-state index contributed by atoms with van der Waals surface area (Å²) >= 11 is 3.29. The van der Waals surface area contributed by atoms with Crippen LogP contribution in [-0.4, -0.2) is 16.2 Å². The monoisotopic (exact) mass is 274 g/mol. The summed E-state index contributed by atoms with van der Waals surface area (Å²) in [4.78, 5) is 10.5. The average Bonchev–Trinajstić information content (AvgIpc) is 2.89. The number of nitrogens with zero attached hydrogens (tertiary/aromatic N) is 2. The van der Waals surface area contributed by atoms with E-state index in [9.17, 15) is 0 Å². The molecule has 0 saturated carbocycles. The van der Waals surface area contributed by atoms with Crippen molar-refractivity contribution in [2.75, 3.05) is 6.26 Å². The molecule has 0 saturated heterocycles. The number of thioether (sulfide) groups is 1. The van der Waals surface area contributed by atoms with Crippen LogP contribution >= 0.6 is 23.1 Å². The van der Waals surface area contributed by atoms with Crippen LogP contribution < -0.4 is 4.74 Å². The Morgan fingerprint density at radius 3 is 2.72 bits per heavy atom. The maximum absolute atomic E-state index is 5.80. The number of fused-ring (bicyclic) bond motifs is 1. The number of benzene rings is 1. The van der Waals surface area contributed by atoms with Gasteiger partial charge in [-0.2, -0.15) is 0 Å². The Hall–Kier alpha value is -1.59. The molecular formula is C13H10N2OS2. The van der Waals surface area contributed by atoms with Crippen LogP contribution in [0.5, 0.6) is 11.6 Å². The van der Waals surface area contributed by atoms with Crippen LogP contribution in [-0.2, 0) is 0 Å². The van der Waals surface area contributed by atoms with Crippen molar-refractivity contribution in [3.05, 3.63) is 42.0 Å². The fraction of sp³-hybridized carbons (Fsp3) is 0.0769. The Bertz CT molecular complexity index is 664. The lowest BCUT2D eigenvalue weighted by Crippen LogP contribution is -1.89. The zero-order valence-corrected chi connectivity index (χ0v) is 11.3. The molecule has 2 aromatic heterocycles. The van der Waals surface area contributed by atoms with Crippen LogP contribution in [0.15, 0.2) is 46.9 Å². The van der Waals surface area contributed by atoms with E-state index in [0.717, 1.165) is 16.0 Å². The van der Waals surface area contributed by atoms with E-state index in [1.165, 1.54) is 11.2 Å². The van der Waals surface area contributed by atoms with E-state index >= 15 is 0 Å². The third-order valence-electron chi connectivity index (χ3n) is 2.50. The molecule has 0 N–H and O–H groups in total. The van der Waals surface area contributed by atoms with Crippen molar-refractivity contribution in [1.82, 2.24) is 9.97 Å². The first-order valence-corrected chi connectivity index (χ1v) is 7.47. The molecule has 0 unspecified atom stereocenters. The smallest absolute Gasteiger partial charge is 0.231 e. The number of ether oxygens (including phenoxy) is 1. The molecule has 2 heterocycles. The van der Waals surface area contributed by atoms with E-state index < -0.39 is 0 Å². The normalized spacial score (nSPS) is 10.7. The highest BCUT2D eigenvalue weighted by Gasteiger charge is 2.06. The van der Waals surface area contributed by atoms with E-state index in [-0.39, 0.29) is 0 Å². The van der Waals surface area contributed by atoms with Gasteiger partial charge in [0, 0.05) is 4.90 Å². The first kappa shape index (κ1) is 11.5. The number of rotatable bonds is 3. The topological polar surface area (TPSA) is 35.0 Å². The highest BCUT2D eigenvalue weighted by atomic mass is 32.2. The van der Waals surface area contributed by atoms with E-state index in [0.29, 0.717) is 5.88 Å². The third kappa shape index (κ3) is 2.19. The fourth-order valence-corrected chi connectivity index (χ4v) is 2.74. The molecule has 3 aromatic rings. The average molecular weight is 274 g/mol. The van der Waals surface area contributed by atoms with Crippen molar-refractivity contribution in [2.24, 2.45) is 0 Å². The number of thiophene rings is 1. The van der Waals surface area contributed by atoms with Gasteiger partial charge in [-0.05, 0) is 42.0 Å². The molecule has 0 amide bonds. The van der Waals surface area contributed by atoms with Gasteiger partial charge in [0.05, 0.1) is 5.39 Å². The fourth-order valence-electron chi connectivity index (χ4n) is 1.60. The minimum absolute atomic E-state index is 0.609. The predicted octanol–water partition coefficient (Wildman–Crippen LogP) is 4.21. The minimum atomic E-state index is 0.609. The molecule has 0 bridgehead atoms. The largest absolute Gasteiger partial charge is 0.438 e. The first-order chi connectivity index (χ1) is 8.86. The summed E-state index contributed by atoms with van der Waals surface area (Å²) in [6, 6.07) is 9.95. The Morgan fingerprint density at radius 2 is 1.94 bits per heavy atom. The molecular weight excluding hydrogens is 264 g/mol. The van der Waals surface area contributed by atoms with Gasteiger partial charge in [-0.15, -0.1) is 23.1 Å². The van der Waals surface area contributed by atoms with Gasteiger partial charge >= 0.3 is 0 Å². The lowest BCUT2D eigenvalue weighted by Gasteiger charge is -2.05. The molecule has 0 spiro atoms. The van der Waals surface area contributed by atoms with Gasteiger partial charge in [-0.1, -0.05) is 0 Å². The van der Waals surface area contributed by atoms with Crippen molar-refractivity contribution in [1.29, 1.82) is 0 Å². The molecule has 90 valence electrons. The van der Waals surface area contributed by atoms with Crippen LogP contribution in [0.25, 0.3) is 10.2 Å². The standard InChI is InChI=1S/C13H10N2OS2/c1-17-10-4-2-9(3-5-10)16-12-11-6-7-18-13(11)15-8-14-12/h2-8H,1H3. The second kappa shape index (κ2) is 4.96. The van der Waals surface area contributed by atoms with Gasteiger partial charge in [0.15, 0.2) is 0 Å². The Morgan fingerprint density at radius 1 is 1.11 bits per heavy atom. The number of aromatic nitrogens is 2. The quantitative estimate of drug-likeness (QED) is 0.670. The van der Waals surface area contributed by atoms with Gasteiger partial charge in [-0.3, -0.25) is 0 Å². The van der Waals surface area contributed by atoms with E-state index in [4.69, 9.17) is 4.74 Å². The van der Waals surface area contributed by atoms with E-state index in [1.54, 1.807) is 23.1 Å². The van der Waals surface area contributed by atoms with Crippen molar-refractivity contribution in [3.63, 3.8) is 0 Å². The Balaban J connectivity index is 1.93. The Labute approximate surface area is 113 Å². The van der Waals surface area contributed by atoms with Crippen LogP contribution in [0, 0.1) is 0 Å². The summed E-state index contributed by atoms with van der Waals surface area (Å²) in [6.07, 6.45) is 3.58. The molecule has 0 atom stereocenters. The molecule has 0 aliphatic rings. The molecule has 0 aliphatic carbocycles. The lowest BCUT2D eigenvalue weighted by atomic mass is 10.3. The van der Waals surface area contributed by atoms with Crippen molar-refractivity contribution >= 4 is 33.3 Å².